The molecular weight excluding hydrogens is 456 g/mol. The first-order chi connectivity index (χ1) is 17.4. The molecule has 5 rings (SSSR count). The number of carbonyl (C=O) groups excluding carboxylic acids is 2. The molecule has 0 radical (unpaired) electrons. The van der Waals surface area contributed by atoms with E-state index in [4.69, 9.17) is 0 Å². The maximum atomic E-state index is 13.0. The molecule has 36 heavy (non-hydrogen) atoms. The molecule has 0 spiro atoms. The van der Waals surface area contributed by atoms with E-state index in [2.05, 4.69) is 35.6 Å². The van der Waals surface area contributed by atoms with Crippen LogP contribution in [0.4, 0.5) is 11.4 Å². The fourth-order valence-corrected chi connectivity index (χ4v) is 4.59. The predicted molar refractivity (Wildman–Crippen MR) is 145 cm³/mol. The number of rotatable bonds is 6. The number of H-pyrrole nitrogens is 1. The van der Waals surface area contributed by atoms with Crippen molar-refractivity contribution in [2.24, 2.45) is 7.05 Å². The summed E-state index contributed by atoms with van der Waals surface area (Å²) in [5, 5.41) is 11.0. The number of likely N-dealkylation sites (tertiary alicyclic amines) is 1. The number of aryl methyl sites for hydroxylation is 3. The van der Waals surface area contributed by atoms with Gasteiger partial charge in [0.2, 0.25) is 5.91 Å². The van der Waals surface area contributed by atoms with Gasteiger partial charge in [0.05, 0.1) is 46.8 Å². The van der Waals surface area contributed by atoms with Crippen molar-refractivity contribution in [1.29, 1.82) is 0 Å². The van der Waals surface area contributed by atoms with Gasteiger partial charge in [-0.25, -0.2) is 4.98 Å². The number of pyridine rings is 2. The monoisotopic (exact) mass is 492 g/mol. The van der Waals surface area contributed by atoms with Gasteiger partial charge in [0.15, 0.2) is 0 Å². The van der Waals surface area contributed by atoms with Crippen LogP contribution in [-0.4, -0.2) is 61.1 Å². The minimum Gasteiger partial charge on any atom is -0.339 e. The topological polar surface area (TPSA) is 121 Å². The molecule has 1 aliphatic heterocycles. The average molecular weight is 493 g/mol. The molecule has 0 bridgehead atoms. The highest BCUT2D eigenvalue weighted by atomic mass is 16.2. The first kappa shape index (κ1) is 23.7. The lowest BCUT2D eigenvalue weighted by atomic mass is 10.1. The second-order valence-electron chi connectivity index (χ2n) is 9.34. The zero-order valence-electron chi connectivity index (χ0n) is 20.8. The number of carbonyl (C=O) groups is 2. The lowest BCUT2D eigenvalue weighted by Crippen LogP contribution is -2.36. The van der Waals surface area contributed by atoms with Crippen LogP contribution in [0, 0.1) is 13.8 Å². The van der Waals surface area contributed by atoms with Crippen molar-refractivity contribution in [2.75, 3.05) is 30.3 Å². The summed E-state index contributed by atoms with van der Waals surface area (Å²) in [5.41, 5.74) is 5.66. The van der Waals surface area contributed by atoms with E-state index < -0.39 is 0 Å². The lowest BCUT2D eigenvalue weighted by Gasteiger charge is -2.25. The van der Waals surface area contributed by atoms with Gasteiger partial charge in [-0.15, -0.1) is 0 Å². The van der Waals surface area contributed by atoms with Gasteiger partial charge >= 0.3 is 0 Å². The van der Waals surface area contributed by atoms with Crippen LogP contribution in [0.3, 0.4) is 0 Å². The van der Waals surface area contributed by atoms with Crippen LogP contribution in [0.2, 0.25) is 0 Å². The van der Waals surface area contributed by atoms with E-state index in [0.717, 1.165) is 48.3 Å². The molecule has 0 saturated carbocycles. The second-order valence-corrected chi connectivity index (χ2v) is 9.34. The summed E-state index contributed by atoms with van der Waals surface area (Å²) in [4.78, 5) is 39.8. The Labute approximate surface area is 213 Å². The third-order valence-corrected chi connectivity index (χ3v) is 6.47. The van der Waals surface area contributed by atoms with Crippen molar-refractivity contribution in [3.8, 4) is 11.3 Å². The molecule has 4 aromatic rings. The standard InChI is InChI=1S/C26H30N8O2.3H2/c1-16-21(14-33(3)32-16)23-10-18-9-19(12-28-25(18)30-23)26(36)31-22-11-20(13-27-17(22)2)29-24(35)15-34-7-5-4-6-8-34;;;/h9-14H,4-8,15H2,1-3H3,(H,28,30)(H,29,35)(H,31,36);3*1H. The number of anilines is 2. The molecule has 0 unspecified atom stereocenters. The van der Waals surface area contributed by atoms with Crippen molar-refractivity contribution in [3.05, 3.63) is 53.7 Å². The predicted octanol–water partition coefficient (Wildman–Crippen LogP) is 4.39. The maximum absolute atomic E-state index is 13.0. The number of nitrogens with zero attached hydrogens (tertiary/aromatic N) is 5. The second kappa shape index (κ2) is 9.90. The van der Waals surface area contributed by atoms with Crippen molar-refractivity contribution >= 4 is 34.2 Å². The molecule has 10 heteroatoms. The van der Waals surface area contributed by atoms with Gasteiger partial charge in [0, 0.05) is 34.7 Å². The Morgan fingerprint density at radius 3 is 2.58 bits per heavy atom. The normalized spacial score (nSPS) is 14.2. The molecule has 3 N–H and O–H groups in total. The average Bonchev–Trinajstić information content (AvgIpc) is 3.43. The molecule has 2 amide bonds. The van der Waals surface area contributed by atoms with E-state index >= 15 is 0 Å². The Balaban J connectivity index is 0.00000178. The number of aromatic nitrogens is 5. The number of fused-ring (bicyclic) bond motifs is 1. The van der Waals surface area contributed by atoms with Gasteiger partial charge in [-0.05, 0) is 58.0 Å². The smallest absolute Gasteiger partial charge is 0.257 e. The minimum absolute atomic E-state index is 0. The van der Waals surface area contributed by atoms with E-state index in [-0.39, 0.29) is 16.1 Å². The van der Waals surface area contributed by atoms with E-state index in [1.165, 1.54) is 6.42 Å². The molecule has 1 saturated heterocycles. The van der Waals surface area contributed by atoms with Crippen LogP contribution in [0.1, 0.15) is 45.3 Å². The van der Waals surface area contributed by atoms with Crippen molar-refractivity contribution < 1.29 is 13.9 Å². The molecule has 0 aromatic carbocycles. The molecule has 5 heterocycles. The van der Waals surface area contributed by atoms with Crippen LogP contribution in [0.5, 0.6) is 0 Å². The van der Waals surface area contributed by atoms with Gasteiger partial charge in [-0.1, -0.05) is 6.42 Å². The highest BCUT2D eigenvalue weighted by Crippen LogP contribution is 2.26. The Hall–Kier alpha value is -4.05. The fourth-order valence-electron chi connectivity index (χ4n) is 4.59. The number of nitrogens with one attached hydrogen (secondary N) is 3. The van der Waals surface area contributed by atoms with Crippen LogP contribution in [0.25, 0.3) is 22.3 Å². The largest absolute Gasteiger partial charge is 0.339 e. The Kier molecular flexibility index (Phi) is 6.51. The first-order valence-electron chi connectivity index (χ1n) is 12.2. The number of piperidine rings is 1. The zero-order valence-corrected chi connectivity index (χ0v) is 20.8. The summed E-state index contributed by atoms with van der Waals surface area (Å²) in [6, 6.07) is 5.50. The van der Waals surface area contributed by atoms with E-state index in [1.807, 2.05) is 33.2 Å². The number of aromatic amines is 1. The third-order valence-electron chi connectivity index (χ3n) is 6.47. The van der Waals surface area contributed by atoms with Crippen molar-refractivity contribution in [1.82, 2.24) is 29.6 Å². The molecule has 0 aliphatic carbocycles. The maximum Gasteiger partial charge on any atom is 0.257 e. The zero-order chi connectivity index (χ0) is 25.2. The molecule has 1 fully saturated rings. The molecular formula is C26H36N8O2. The van der Waals surface area contributed by atoms with E-state index in [0.29, 0.717) is 34.8 Å². The van der Waals surface area contributed by atoms with Crippen LogP contribution >= 0.6 is 0 Å². The van der Waals surface area contributed by atoms with Crippen LogP contribution in [-0.2, 0) is 11.8 Å². The van der Waals surface area contributed by atoms with Gasteiger partial charge in [-0.2, -0.15) is 5.10 Å². The van der Waals surface area contributed by atoms with E-state index in [1.54, 1.807) is 29.2 Å². The summed E-state index contributed by atoms with van der Waals surface area (Å²) in [7, 11) is 1.88. The highest BCUT2D eigenvalue weighted by Gasteiger charge is 2.16. The van der Waals surface area contributed by atoms with Gasteiger partial charge < -0.3 is 15.6 Å². The third kappa shape index (κ3) is 5.13. The number of amides is 2. The molecule has 1 aliphatic rings. The summed E-state index contributed by atoms with van der Waals surface area (Å²) < 4.78 is 1.77. The van der Waals surface area contributed by atoms with Crippen molar-refractivity contribution in [3.63, 3.8) is 0 Å². The quantitative estimate of drug-likeness (QED) is 0.367. The van der Waals surface area contributed by atoms with Crippen LogP contribution in [0.15, 0.2) is 36.8 Å². The summed E-state index contributed by atoms with van der Waals surface area (Å²) in [5.74, 6) is -0.381. The minimum atomic E-state index is -0.300. The fraction of sp³-hybridized carbons (Fsp3) is 0.346. The molecule has 192 valence electrons. The van der Waals surface area contributed by atoms with Gasteiger partial charge in [0.25, 0.3) is 5.91 Å². The highest BCUT2D eigenvalue weighted by molar-refractivity contribution is 6.06. The Morgan fingerprint density at radius 1 is 1.03 bits per heavy atom. The summed E-state index contributed by atoms with van der Waals surface area (Å²) >= 11 is 0. The SMILES string of the molecule is Cc1ncc(NC(=O)CN2CCCCC2)cc1NC(=O)c1cnc2[nH]c(-c3cn(C)nc3C)cc2c1.[HH].[HH].[HH]. The van der Waals surface area contributed by atoms with Gasteiger partial charge in [0.1, 0.15) is 5.65 Å². The Bertz CT molecular complexity index is 1450. The molecule has 10 nitrogen and oxygen atoms in total. The Morgan fingerprint density at radius 2 is 1.83 bits per heavy atom. The number of hydrogen-bond acceptors (Lipinski definition) is 6. The first-order valence-corrected chi connectivity index (χ1v) is 12.2. The summed E-state index contributed by atoms with van der Waals surface area (Å²) in [6.45, 7) is 6.02. The number of hydrogen-bond donors (Lipinski definition) is 3. The molecule has 4 aromatic heterocycles. The lowest BCUT2D eigenvalue weighted by molar-refractivity contribution is -0.117. The summed E-state index contributed by atoms with van der Waals surface area (Å²) in [6.07, 6.45) is 8.57. The van der Waals surface area contributed by atoms with Crippen molar-refractivity contribution in [2.45, 2.75) is 33.1 Å². The van der Waals surface area contributed by atoms with Gasteiger partial charge in [-0.3, -0.25) is 24.2 Å². The molecule has 0 atom stereocenters. The van der Waals surface area contributed by atoms with E-state index in [9.17, 15) is 9.59 Å². The van der Waals surface area contributed by atoms with Crippen LogP contribution < -0.4 is 10.6 Å².